The van der Waals surface area contributed by atoms with E-state index in [0.717, 1.165) is 10.0 Å². The van der Waals surface area contributed by atoms with E-state index >= 15 is 0 Å². The van der Waals surface area contributed by atoms with Crippen molar-refractivity contribution in [3.63, 3.8) is 0 Å². The predicted molar refractivity (Wildman–Crippen MR) is 99.5 cm³/mol. The second kappa shape index (κ2) is 9.68. The van der Waals surface area contributed by atoms with Gasteiger partial charge in [-0.2, -0.15) is 5.10 Å². The fraction of sp³-hybridized carbons (Fsp3) is 0.222. The van der Waals surface area contributed by atoms with Gasteiger partial charge in [-0.1, -0.05) is 28.1 Å². The molecule has 7 heteroatoms. The van der Waals surface area contributed by atoms with Gasteiger partial charge in [0.05, 0.1) is 19.9 Å². The average Bonchev–Trinajstić information content (AvgIpc) is 2.62. The SMILES string of the molecule is CCOc1ccc(Br)cc1/C=N/NC(=O)COc1ccccc1OC. The van der Waals surface area contributed by atoms with Crippen molar-refractivity contribution in [1.29, 1.82) is 0 Å². The summed E-state index contributed by atoms with van der Waals surface area (Å²) >= 11 is 3.40. The van der Waals surface area contributed by atoms with Gasteiger partial charge in [-0.25, -0.2) is 5.43 Å². The number of hydrogen-bond acceptors (Lipinski definition) is 5. The molecule has 0 fully saturated rings. The number of para-hydroxylation sites is 2. The molecule has 1 N–H and O–H groups in total. The molecule has 0 bridgehead atoms. The third kappa shape index (κ3) is 5.79. The topological polar surface area (TPSA) is 69.2 Å². The van der Waals surface area contributed by atoms with Crippen molar-refractivity contribution >= 4 is 28.1 Å². The third-order valence-electron chi connectivity index (χ3n) is 3.09. The Bertz CT molecular complexity index is 750. The lowest BCUT2D eigenvalue weighted by atomic mass is 10.2. The highest BCUT2D eigenvalue weighted by atomic mass is 79.9. The quantitative estimate of drug-likeness (QED) is 0.538. The van der Waals surface area contributed by atoms with E-state index in [4.69, 9.17) is 14.2 Å². The fourth-order valence-electron chi connectivity index (χ4n) is 1.99. The molecule has 0 aliphatic heterocycles. The van der Waals surface area contributed by atoms with Crippen LogP contribution in [-0.2, 0) is 4.79 Å². The van der Waals surface area contributed by atoms with Crippen molar-refractivity contribution in [3.8, 4) is 17.2 Å². The van der Waals surface area contributed by atoms with Crippen LogP contribution in [-0.4, -0.2) is 32.4 Å². The minimum absolute atomic E-state index is 0.172. The summed E-state index contributed by atoms with van der Waals surface area (Å²) in [6, 6.07) is 12.7. The number of carbonyl (C=O) groups is 1. The lowest BCUT2D eigenvalue weighted by molar-refractivity contribution is -0.123. The molecule has 2 aromatic carbocycles. The van der Waals surface area contributed by atoms with Crippen LogP contribution in [0, 0.1) is 0 Å². The normalized spacial score (nSPS) is 10.5. The first-order valence-electron chi connectivity index (χ1n) is 7.64. The zero-order valence-electron chi connectivity index (χ0n) is 14.0. The Kier molecular flexibility index (Phi) is 7.28. The van der Waals surface area contributed by atoms with E-state index in [1.807, 2.05) is 31.2 Å². The van der Waals surface area contributed by atoms with Crippen LogP contribution in [0.5, 0.6) is 17.2 Å². The van der Waals surface area contributed by atoms with Crippen LogP contribution in [0.1, 0.15) is 12.5 Å². The van der Waals surface area contributed by atoms with Crippen molar-refractivity contribution in [2.45, 2.75) is 6.92 Å². The van der Waals surface area contributed by atoms with Gasteiger partial charge in [0.2, 0.25) is 0 Å². The number of carbonyl (C=O) groups excluding carboxylic acids is 1. The molecule has 0 aliphatic carbocycles. The maximum absolute atomic E-state index is 11.9. The van der Waals surface area contributed by atoms with E-state index < -0.39 is 0 Å². The number of amides is 1. The Balaban J connectivity index is 1.91. The molecule has 0 heterocycles. The summed E-state index contributed by atoms with van der Waals surface area (Å²) in [6.45, 7) is 2.27. The molecule has 0 atom stereocenters. The number of hydrazone groups is 1. The Morgan fingerprint density at radius 3 is 2.64 bits per heavy atom. The number of methoxy groups -OCH3 is 1. The van der Waals surface area contributed by atoms with Crippen molar-refractivity contribution in [1.82, 2.24) is 5.43 Å². The highest BCUT2D eigenvalue weighted by molar-refractivity contribution is 9.10. The van der Waals surface area contributed by atoms with Crippen LogP contribution in [0.25, 0.3) is 0 Å². The highest BCUT2D eigenvalue weighted by Gasteiger charge is 2.06. The van der Waals surface area contributed by atoms with Crippen LogP contribution in [0.4, 0.5) is 0 Å². The molecule has 0 aliphatic rings. The first kappa shape index (κ1) is 18.8. The van der Waals surface area contributed by atoms with Gasteiger partial charge >= 0.3 is 0 Å². The lowest BCUT2D eigenvalue weighted by Gasteiger charge is -2.09. The molecule has 0 unspecified atom stereocenters. The Morgan fingerprint density at radius 2 is 1.92 bits per heavy atom. The van der Waals surface area contributed by atoms with Crippen molar-refractivity contribution in [2.24, 2.45) is 5.10 Å². The summed E-state index contributed by atoms with van der Waals surface area (Å²) in [5, 5.41) is 3.94. The average molecular weight is 407 g/mol. The molecule has 6 nitrogen and oxygen atoms in total. The molecular formula is C18H19BrN2O4. The highest BCUT2D eigenvalue weighted by Crippen LogP contribution is 2.25. The van der Waals surface area contributed by atoms with Gasteiger partial charge in [-0.3, -0.25) is 4.79 Å². The molecule has 0 spiro atoms. The fourth-order valence-corrected chi connectivity index (χ4v) is 2.37. The van der Waals surface area contributed by atoms with Crippen molar-refractivity contribution in [2.75, 3.05) is 20.3 Å². The smallest absolute Gasteiger partial charge is 0.277 e. The number of benzene rings is 2. The number of ether oxygens (including phenoxy) is 3. The zero-order chi connectivity index (χ0) is 18.1. The molecule has 25 heavy (non-hydrogen) atoms. The first-order valence-corrected chi connectivity index (χ1v) is 8.43. The molecule has 0 aromatic heterocycles. The summed E-state index contributed by atoms with van der Waals surface area (Å²) in [5.41, 5.74) is 3.17. The Hall–Kier alpha value is -2.54. The van der Waals surface area contributed by atoms with Crippen LogP contribution >= 0.6 is 15.9 Å². The number of halogens is 1. The van der Waals surface area contributed by atoms with Gasteiger partial charge in [-0.15, -0.1) is 0 Å². The number of rotatable bonds is 8. The largest absolute Gasteiger partial charge is 0.493 e. The Morgan fingerprint density at radius 1 is 1.16 bits per heavy atom. The molecule has 2 aromatic rings. The summed E-state index contributed by atoms with van der Waals surface area (Å²) in [5.74, 6) is 1.37. The van der Waals surface area contributed by atoms with Crippen LogP contribution in [0.3, 0.4) is 0 Å². The van der Waals surface area contributed by atoms with Crippen LogP contribution in [0.2, 0.25) is 0 Å². The molecule has 132 valence electrons. The molecule has 1 amide bonds. The van der Waals surface area contributed by atoms with Crippen LogP contribution < -0.4 is 19.6 Å². The second-order valence-electron chi connectivity index (χ2n) is 4.85. The first-order chi connectivity index (χ1) is 12.1. The van der Waals surface area contributed by atoms with Crippen LogP contribution in [0.15, 0.2) is 52.0 Å². The number of nitrogens with one attached hydrogen (secondary N) is 1. The summed E-state index contributed by atoms with van der Waals surface area (Å²) in [4.78, 5) is 11.9. The minimum atomic E-state index is -0.380. The standard InChI is InChI=1S/C18H19BrN2O4/c1-3-24-15-9-8-14(19)10-13(15)11-20-21-18(22)12-25-17-7-5-4-6-16(17)23-2/h4-11H,3,12H2,1-2H3,(H,21,22)/b20-11+. The Labute approximate surface area is 154 Å². The summed E-state index contributed by atoms with van der Waals surface area (Å²) < 4.78 is 17.0. The monoisotopic (exact) mass is 406 g/mol. The van der Waals surface area contributed by atoms with Crippen molar-refractivity contribution in [3.05, 3.63) is 52.5 Å². The predicted octanol–water partition coefficient (Wildman–Crippen LogP) is 3.39. The van der Waals surface area contributed by atoms with Gasteiger partial charge in [0.1, 0.15) is 5.75 Å². The van der Waals surface area contributed by atoms with Gasteiger partial charge in [0.15, 0.2) is 18.1 Å². The minimum Gasteiger partial charge on any atom is -0.493 e. The van der Waals surface area contributed by atoms with Gasteiger partial charge in [0.25, 0.3) is 5.91 Å². The zero-order valence-corrected chi connectivity index (χ0v) is 15.6. The molecule has 0 saturated heterocycles. The maximum atomic E-state index is 11.9. The summed E-state index contributed by atoms with van der Waals surface area (Å²) in [7, 11) is 1.54. The molecule has 0 radical (unpaired) electrons. The van der Waals surface area contributed by atoms with E-state index in [9.17, 15) is 4.79 Å². The van der Waals surface area contributed by atoms with Gasteiger partial charge in [-0.05, 0) is 37.3 Å². The van der Waals surface area contributed by atoms with Gasteiger partial charge in [0, 0.05) is 10.0 Å². The molecule has 2 rings (SSSR count). The van der Waals surface area contributed by atoms with Gasteiger partial charge < -0.3 is 14.2 Å². The van der Waals surface area contributed by atoms with E-state index in [1.165, 1.54) is 6.21 Å². The number of nitrogens with zero attached hydrogens (tertiary/aromatic N) is 1. The van der Waals surface area contributed by atoms with E-state index in [1.54, 1.807) is 25.3 Å². The number of hydrogen-bond donors (Lipinski definition) is 1. The molecule has 0 saturated carbocycles. The summed E-state index contributed by atoms with van der Waals surface area (Å²) in [6.07, 6.45) is 1.52. The van der Waals surface area contributed by atoms with E-state index in [-0.39, 0.29) is 12.5 Å². The molecular weight excluding hydrogens is 388 g/mol. The lowest BCUT2D eigenvalue weighted by Crippen LogP contribution is -2.24. The van der Waals surface area contributed by atoms with E-state index in [2.05, 4.69) is 26.5 Å². The maximum Gasteiger partial charge on any atom is 0.277 e. The third-order valence-corrected chi connectivity index (χ3v) is 3.59. The van der Waals surface area contributed by atoms with Crippen molar-refractivity contribution < 1.29 is 19.0 Å². The second-order valence-corrected chi connectivity index (χ2v) is 5.76. The van der Waals surface area contributed by atoms with E-state index in [0.29, 0.717) is 23.9 Å².